The Bertz CT molecular complexity index is 1040. The molecule has 0 fully saturated rings. The van der Waals surface area contributed by atoms with Crippen molar-refractivity contribution in [2.24, 2.45) is 0 Å². The number of ketones is 1. The largest absolute Gasteiger partial charge is 0.451 e. The van der Waals surface area contributed by atoms with E-state index in [9.17, 15) is 14.4 Å². The Kier molecular flexibility index (Phi) is 5.54. The molecule has 0 atom stereocenters. The average Bonchev–Trinajstić information content (AvgIpc) is 3.06. The van der Waals surface area contributed by atoms with Crippen molar-refractivity contribution in [1.29, 1.82) is 0 Å². The van der Waals surface area contributed by atoms with Crippen molar-refractivity contribution in [3.8, 4) is 0 Å². The Morgan fingerprint density at radius 2 is 1.75 bits per heavy atom. The van der Waals surface area contributed by atoms with Gasteiger partial charge in [-0.1, -0.05) is 6.92 Å². The molecule has 0 unspecified atom stereocenters. The molecule has 144 valence electrons. The molecule has 28 heavy (non-hydrogen) atoms. The van der Waals surface area contributed by atoms with E-state index in [1.165, 1.54) is 4.90 Å². The maximum atomic E-state index is 12.7. The molecule has 0 aliphatic heterocycles. The van der Waals surface area contributed by atoms with E-state index < -0.39 is 5.91 Å². The standard InChI is InChI=1S/C21H21N3O4/c1-4-5-16(25)19-18(15-12-22-11-10-17(15)28-19)23-20(26)13-6-8-14(9-7-13)21(27)24(2)3/h6-12H,4-5H2,1-3H3,(H,23,26). The van der Waals surface area contributed by atoms with Crippen LogP contribution in [0.25, 0.3) is 11.0 Å². The normalized spacial score (nSPS) is 10.7. The first-order valence-electron chi connectivity index (χ1n) is 8.95. The molecule has 2 amide bonds. The molecule has 3 rings (SSSR count). The number of hydrogen-bond acceptors (Lipinski definition) is 5. The van der Waals surface area contributed by atoms with Gasteiger partial charge in [0, 0.05) is 44.0 Å². The molecule has 0 saturated heterocycles. The summed E-state index contributed by atoms with van der Waals surface area (Å²) in [5.74, 6) is -0.606. The van der Waals surface area contributed by atoms with Crippen molar-refractivity contribution in [3.05, 3.63) is 59.6 Å². The maximum absolute atomic E-state index is 12.7. The molecule has 0 bridgehead atoms. The summed E-state index contributed by atoms with van der Waals surface area (Å²) in [4.78, 5) is 42.6. The minimum atomic E-state index is -0.402. The molecular weight excluding hydrogens is 358 g/mol. The molecule has 7 heteroatoms. The fourth-order valence-corrected chi connectivity index (χ4v) is 2.81. The minimum absolute atomic E-state index is 0.123. The lowest BCUT2D eigenvalue weighted by atomic mass is 10.1. The van der Waals surface area contributed by atoms with Crippen LogP contribution in [0.2, 0.25) is 0 Å². The van der Waals surface area contributed by atoms with Crippen LogP contribution in [0.15, 0.2) is 47.1 Å². The fraction of sp³-hybridized carbons (Fsp3) is 0.238. The SMILES string of the molecule is CCCC(=O)c1oc2ccncc2c1NC(=O)c1ccc(C(=O)N(C)C)cc1. The van der Waals surface area contributed by atoms with Crippen LogP contribution in [0.1, 0.15) is 51.0 Å². The van der Waals surface area contributed by atoms with Crippen molar-refractivity contribution in [2.45, 2.75) is 19.8 Å². The van der Waals surface area contributed by atoms with E-state index in [1.807, 2.05) is 6.92 Å². The number of nitrogens with one attached hydrogen (secondary N) is 1. The number of nitrogens with zero attached hydrogens (tertiary/aromatic N) is 2. The number of hydrogen-bond donors (Lipinski definition) is 1. The molecule has 3 aromatic rings. The first-order valence-corrected chi connectivity index (χ1v) is 8.95. The minimum Gasteiger partial charge on any atom is -0.451 e. The Morgan fingerprint density at radius 3 is 2.39 bits per heavy atom. The van der Waals surface area contributed by atoms with E-state index in [4.69, 9.17) is 4.42 Å². The number of amides is 2. The molecule has 0 radical (unpaired) electrons. The Morgan fingerprint density at radius 1 is 1.07 bits per heavy atom. The zero-order chi connectivity index (χ0) is 20.3. The quantitative estimate of drug-likeness (QED) is 0.658. The van der Waals surface area contributed by atoms with E-state index in [-0.39, 0.29) is 17.5 Å². The summed E-state index contributed by atoms with van der Waals surface area (Å²) in [5.41, 5.74) is 1.65. The lowest BCUT2D eigenvalue weighted by Crippen LogP contribution is -2.21. The Balaban J connectivity index is 1.91. The van der Waals surface area contributed by atoms with Crippen molar-refractivity contribution >= 4 is 34.3 Å². The highest BCUT2D eigenvalue weighted by molar-refractivity contribution is 6.14. The van der Waals surface area contributed by atoms with Crippen molar-refractivity contribution < 1.29 is 18.8 Å². The highest BCUT2D eigenvalue weighted by atomic mass is 16.3. The molecule has 0 aliphatic carbocycles. The number of fused-ring (bicyclic) bond motifs is 1. The lowest BCUT2D eigenvalue weighted by Gasteiger charge is -2.10. The number of benzene rings is 1. The van der Waals surface area contributed by atoms with E-state index in [0.717, 1.165) is 0 Å². The van der Waals surface area contributed by atoms with Crippen LogP contribution < -0.4 is 5.32 Å². The van der Waals surface area contributed by atoms with Gasteiger partial charge >= 0.3 is 0 Å². The lowest BCUT2D eigenvalue weighted by molar-refractivity contribution is 0.0826. The second-order valence-electron chi connectivity index (χ2n) is 6.58. The third-order valence-corrected chi connectivity index (χ3v) is 4.26. The number of pyridine rings is 1. The van der Waals surface area contributed by atoms with E-state index >= 15 is 0 Å². The van der Waals surface area contributed by atoms with Gasteiger partial charge in [-0.05, 0) is 36.8 Å². The summed E-state index contributed by atoms with van der Waals surface area (Å²) in [6.45, 7) is 1.90. The molecule has 0 spiro atoms. The monoisotopic (exact) mass is 379 g/mol. The molecule has 7 nitrogen and oxygen atoms in total. The average molecular weight is 379 g/mol. The van der Waals surface area contributed by atoms with Crippen LogP contribution in [0.3, 0.4) is 0 Å². The van der Waals surface area contributed by atoms with Crippen molar-refractivity contribution in [3.63, 3.8) is 0 Å². The number of carbonyl (C=O) groups excluding carboxylic acids is 3. The summed E-state index contributed by atoms with van der Waals surface area (Å²) in [5, 5.41) is 3.34. The highest BCUT2D eigenvalue weighted by Gasteiger charge is 2.22. The Hall–Kier alpha value is -3.48. The molecule has 2 heterocycles. The molecule has 1 aromatic carbocycles. The third kappa shape index (κ3) is 3.78. The van der Waals surface area contributed by atoms with E-state index in [0.29, 0.717) is 40.6 Å². The third-order valence-electron chi connectivity index (χ3n) is 4.26. The van der Waals surface area contributed by atoms with Gasteiger partial charge in [-0.15, -0.1) is 0 Å². The van der Waals surface area contributed by atoms with Gasteiger partial charge < -0.3 is 14.6 Å². The maximum Gasteiger partial charge on any atom is 0.255 e. The fourth-order valence-electron chi connectivity index (χ4n) is 2.81. The zero-order valence-electron chi connectivity index (χ0n) is 16.0. The topological polar surface area (TPSA) is 92.5 Å². The summed E-state index contributed by atoms with van der Waals surface area (Å²) in [7, 11) is 3.33. The number of aromatic nitrogens is 1. The van der Waals surface area contributed by atoms with Gasteiger partial charge in [0.2, 0.25) is 0 Å². The van der Waals surface area contributed by atoms with Crippen LogP contribution in [0, 0.1) is 0 Å². The van der Waals surface area contributed by atoms with Crippen molar-refractivity contribution in [2.75, 3.05) is 19.4 Å². The number of anilines is 1. The molecule has 0 aliphatic rings. The zero-order valence-corrected chi connectivity index (χ0v) is 16.0. The van der Waals surface area contributed by atoms with Crippen LogP contribution in [0.4, 0.5) is 5.69 Å². The number of carbonyl (C=O) groups is 3. The number of furan rings is 1. The van der Waals surface area contributed by atoms with E-state index in [1.54, 1.807) is 56.8 Å². The van der Waals surface area contributed by atoms with E-state index in [2.05, 4.69) is 10.3 Å². The second-order valence-corrected chi connectivity index (χ2v) is 6.58. The Labute approximate surface area is 162 Å². The molecule has 0 saturated carbocycles. The van der Waals surface area contributed by atoms with Crippen LogP contribution in [-0.4, -0.2) is 41.6 Å². The molecule has 1 N–H and O–H groups in total. The van der Waals surface area contributed by atoms with Gasteiger partial charge in [-0.25, -0.2) is 0 Å². The summed E-state index contributed by atoms with van der Waals surface area (Å²) in [6.07, 6.45) is 4.10. The second kappa shape index (κ2) is 8.04. The van der Waals surface area contributed by atoms with Crippen LogP contribution in [-0.2, 0) is 0 Å². The first-order chi connectivity index (χ1) is 13.4. The summed E-state index contributed by atoms with van der Waals surface area (Å²) >= 11 is 0. The molecular formula is C21H21N3O4. The highest BCUT2D eigenvalue weighted by Crippen LogP contribution is 2.31. The van der Waals surface area contributed by atoms with Crippen LogP contribution in [0.5, 0.6) is 0 Å². The molecule has 2 aromatic heterocycles. The van der Waals surface area contributed by atoms with Crippen LogP contribution >= 0.6 is 0 Å². The summed E-state index contributed by atoms with van der Waals surface area (Å²) < 4.78 is 5.67. The first kappa shape index (κ1) is 19.3. The predicted octanol–water partition coefficient (Wildman–Crippen LogP) is 3.76. The van der Waals surface area contributed by atoms with Gasteiger partial charge in [-0.2, -0.15) is 0 Å². The smallest absolute Gasteiger partial charge is 0.255 e. The van der Waals surface area contributed by atoms with Gasteiger partial charge in [0.25, 0.3) is 11.8 Å². The number of rotatable bonds is 6. The van der Waals surface area contributed by atoms with Crippen molar-refractivity contribution in [1.82, 2.24) is 9.88 Å². The van der Waals surface area contributed by atoms with Gasteiger partial charge in [0.05, 0.1) is 5.39 Å². The van der Waals surface area contributed by atoms with Gasteiger partial charge in [-0.3, -0.25) is 19.4 Å². The number of Topliss-reactive ketones (excluding diaryl/α,β-unsaturated/α-hetero) is 1. The predicted molar refractivity (Wildman–Crippen MR) is 106 cm³/mol. The van der Waals surface area contributed by atoms with Gasteiger partial charge in [0.15, 0.2) is 11.5 Å². The van der Waals surface area contributed by atoms with Gasteiger partial charge in [0.1, 0.15) is 11.3 Å². The summed E-state index contributed by atoms with van der Waals surface area (Å²) in [6, 6.07) is 7.97.